The van der Waals surface area contributed by atoms with E-state index >= 15 is 0 Å². The van der Waals surface area contributed by atoms with E-state index in [0.29, 0.717) is 5.56 Å². The molecule has 2 heterocycles. The van der Waals surface area contributed by atoms with Crippen molar-refractivity contribution < 1.29 is 4.79 Å². The lowest BCUT2D eigenvalue weighted by atomic mass is 9.82. The second kappa shape index (κ2) is 7.01. The van der Waals surface area contributed by atoms with Gasteiger partial charge in [0.2, 0.25) is 0 Å². The van der Waals surface area contributed by atoms with Crippen LogP contribution in [0, 0.1) is 12.3 Å². The first-order valence-electron chi connectivity index (χ1n) is 10.1. The third kappa shape index (κ3) is 3.28. The van der Waals surface area contributed by atoms with Gasteiger partial charge in [-0.25, -0.2) is 4.68 Å². The van der Waals surface area contributed by atoms with Crippen LogP contribution >= 0.6 is 0 Å². The van der Waals surface area contributed by atoms with Gasteiger partial charge in [-0.05, 0) is 38.7 Å². The normalized spacial score (nSPS) is 22.4. The van der Waals surface area contributed by atoms with E-state index in [4.69, 9.17) is 6.42 Å². The number of hydrogen-bond acceptors (Lipinski definition) is 3. The highest BCUT2D eigenvalue weighted by molar-refractivity contribution is 5.99. The van der Waals surface area contributed by atoms with Gasteiger partial charge in [-0.2, -0.15) is 5.10 Å². The number of hydrogen-bond donors (Lipinski definition) is 2. The maximum atomic E-state index is 13.2. The number of nitrogens with zero attached hydrogens (tertiary/aromatic N) is 2. The monoisotopic (exact) mass is 376 g/mol. The highest BCUT2D eigenvalue weighted by atomic mass is 16.1. The standard InChI is InChI=1S/C23H28N4O/c1-4-23(13-9-6-10-14-23)26-21(28)18-16-24-27-20(18)25-19(15-22(27,2)3)17-11-7-5-8-12-17/h1,5,7-8,11-12,16,19,25H,6,9-10,13-15H2,2-3H3,(H,26,28). The fourth-order valence-corrected chi connectivity index (χ4v) is 4.55. The fourth-order valence-electron chi connectivity index (χ4n) is 4.55. The Balaban J connectivity index is 1.64. The van der Waals surface area contributed by atoms with Crippen LogP contribution in [0.5, 0.6) is 0 Å². The van der Waals surface area contributed by atoms with Gasteiger partial charge < -0.3 is 10.6 Å². The molecule has 0 radical (unpaired) electrons. The molecule has 1 atom stereocenters. The van der Waals surface area contributed by atoms with Crippen LogP contribution in [-0.4, -0.2) is 21.2 Å². The van der Waals surface area contributed by atoms with Crippen molar-refractivity contribution in [1.82, 2.24) is 15.1 Å². The topological polar surface area (TPSA) is 59.0 Å². The van der Waals surface area contributed by atoms with Crippen molar-refractivity contribution >= 4 is 11.7 Å². The molecule has 2 N–H and O–H groups in total. The number of carbonyl (C=O) groups excluding carboxylic acids is 1. The van der Waals surface area contributed by atoms with Gasteiger partial charge >= 0.3 is 0 Å². The van der Waals surface area contributed by atoms with Crippen molar-refractivity contribution in [3.05, 3.63) is 47.7 Å². The molecule has 1 saturated carbocycles. The largest absolute Gasteiger partial charge is 0.363 e. The molecule has 146 valence electrons. The summed E-state index contributed by atoms with van der Waals surface area (Å²) in [5, 5.41) is 11.2. The fraction of sp³-hybridized carbons (Fsp3) is 0.478. The van der Waals surface area contributed by atoms with Crippen molar-refractivity contribution in [3.63, 3.8) is 0 Å². The average molecular weight is 377 g/mol. The Hall–Kier alpha value is -2.74. The Morgan fingerprint density at radius 2 is 1.96 bits per heavy atom. The summed E-state index contributed by atoms with van der Waals surface area (Å²) < 4.78 is 1.94. The average Bonchev–Trinajstić information content (AvgIpc) is 3.14. The molecule has 1 unspecified atom stereocenters. The van der Waals surface area contributed by atoms with E-state index in [1.807, 2.05) is 22.9 Å². The maximum Gasteiger partial charge on any atom is 0.257 e. The summed E-state index contributed by atoms with van der Waals surface area (Å²) in [4.78, 5) is 13.2. The van der Waals surface area contributed by atoms with Crippen molar-refractivity contribution in [3.8, 4) is 12.3 Å². The zero-order valence-corrected chi connectivity index (χ0v) is 16.7. The zero-order chi connectivity index (χ0) is 19.8. The third-order valence-electron chi connectivity index (χ3n) is 6.14. The van der Waals surface area contributed by atoms with Crippen LogP contribution in [0.1, 0.15) is 74.3 Å². The highest BCUT2D eigenvalue weighted by Crippen LogP contribution is 2.40. The number of terminal acetylenes is 1. The Bertz CT molecular complexity index is 900. The van der Waals surface area contributed by atoms with E-state index < -0.39 is 5.54 Å². The molecule has 4 rings (SSSR count). The summed E-state index contributed by atoms with van der Waals surface area (Å²) in [6.07, 6.45) is 13.3. The van der Waals surface area contributed by atoms with E-state index in [2.05, 4.69) is 47.6 Å². The van der Waals surface area contributed by atoms with Crippen LogP contribution in [0.2, 0.25) is 0 Å². The Kier molecular flexibility index (Phi) is 4.66. The molecule has 0 spiro atoms. The minimum absolute atomic E-state index is 0.128. The first kappa shape index (κ1) is 18.6. The van der Waals surface area contributed by atoms with E-state index in [-0.39, 0.29) is 17.5 Å². The summed E-state index contributed by atoms with van der Waals surface area (Å²) in [7, 11) is 0. The summed E-state index contributed by atoms with van der Waals surface area (Å²) >= 11 is 0. The summed E-state index contributed by atoms with van der Waals surface area (Å²) in [6, 6.07) is 10.5. The van der Waals surface area contributed by atoms with E-state index in [9.17, 15) is 4.79 Å². The summed E-state index contributed by atoms with van der Waals surface area (Å²) in [5.41, 5.74) is 1.04. The van der Waals surface area contributed by atoms with Crippen LogP contribution in [0.4, 0.5) is 5.82 Å². The van der Waals surface area contributed by atoms with Crippen LogP contribution in [-0.2, 0) is 5.54 Å². The summed E-state index contributed by atoms with van der Waals surface area (Å²) in [5.74, 6) is 3.49. The van der Waals surface area contributed by atoms with Crippen molar-refractivity contribution in [2.45, 2.75) is 69.5 Å². The highest BCUT2D eigenvalue weighted by Gasteiger charge is 2.38. The maximum absolute atomic E-state index is 13.2. The zero-order valence-electron chi connectivity index (χ0n) is 16.7. The van der Waals surface area contributed by atoms with Crippen LogP contribution < -0.4 is 10.6 Å². The second-order valence-electron chi connectivity index (χ2n) is 8.68. The molecule has 1 amide bonds. The molecule has 0 saturated heterocycles. The molecule has 1 aromatic heterocycles. The van der Waals surface area contributed by atoms with E-state index in [0.717, 1.165) is 37.9 Å². The van der Waals surface area contributed by atoms with Crippen molar-refractivity contribution in [1.29, 1.82) is 0 Å². The summed E-state index contributed by atoms with van der Waals surface area (Å²) in [6.45, 7) is 4.32. The van der Waals surface area contributed by atoms with Crippen LogP contribution in [0.15, 0.2) is 36.5 Å². The Morgan fingerprint density at radius 3 is 2.64 bits per heavy atom. The second-order valence-corrected chi connectivity index (χ2v) is 8.68. The van der Waals surface area contributed by atoms with Crippen molar-refractivity contribution in [2.24, 2.45) is 0 Å². The number of rotatable bonds is 3. The van der Waals surface area contributed by atoms with Crippen LogP contribution in [0.3, 0.4) is 0 Å². The number of anilines is 1. The molecule has 2 aliphatic rings. The number of amides is 1. The van der Waals surface area contributed by atoms with E-state index in [1.165, 1.54) is 12.0 Å². The third-order valence-corrected chi connectivity index (χ3v) is 6.14. The van der Waals surface area contributed by atoms with Crippen molar-refractivity contribution in [2.75, 3.05) is 5.32 Å². The van der Waals surface area contributed by atoms with Gasteiger partial charge in [0.05, 0.1) is 17.8 Å². The minimum Gasteiger partial charge on any atom is -0.363 e. The predicted molar refractivity (Wildman–Crippen MR) is 111 cm³/mol. The lowest BCUT2D eigenvalue weighted by molar-refractivity contribution is 0.0904. The number of carbonyl (C=O) groups is 1. The molecule has 1 aliphatic heterocycles. The van der Waals surface area contributed by atoms with Gasteiger partial charge in [0, 0.05) is 0 Å². The van der Waals surface area contributed by atoms with Gasteiger partial charge in [0.15, 0.2) is 0 Å². The van der Waals surface area contributed by atoms with Gasteiger partial charge in [-0.3, -0.25) is 4.79 Å². The van der Waals surface area contributed by atoms with Gasteiger partial charge in [-0.1, -0.05) is 55.5 Å². The first-order valence-corrected chi connectivity index (χ1v) is 10.1. The molecule has 0 bridgehead atoms. The van der Waals surface area contributed by atoms with Gasteiger partial charge in [-0.15, -0.1) is 6.42 Å². The number of nitrogens with one attached hydrogen (secondary N) is 2. The van der Waals surface area contributed by atoms with Crippen LogP contribution in [0.25, 0.3) is 0 Å². The molecule has 2 aromatic rings. The first-order chi connectivity index (χ1) is 13.4. The number of fused-ring (bicyclic) bond motifs is 1. The number of aromatic nitrogens is 2. The molecule has 5 nitrogen and oxygen atoms in total. The van der Waals surface area contributed by atoms with E-state index in [1.54, 1.807) is 6.20 Å². The van der Waals surface area contributed by atoms with Gasteiger partial charge in [0.1, 0.15) is 16.9 Å². The smallest absolute Gasteiger partial charge is 0.257 e. The number of benzene rings is 1. The molecule has 1 aromatic carbocycles. The quantitative estimate of drug-likeness (QED) is 0.788. The lowest BCUT2D eigenvalue weighted by Crippen LogP contribution is -2.49. The molecular weight excluding hydrogens is 348 g/mol. The molecule has 1 aliphatic carbocycles. The Morgan fingerprint density at radius 1 is 1.25 bits per heavy atom. The minimum atomic E-state index is -0.535. The lowest BCUT2D eigenvalue weighted by Gasteiger charge is -2.38. The molecule has 28 heavy (non-hydrogen) atoms. The molecular formula is C23H28N4O. The Labute approximate surface area is 166 Å². The van der Waals surface area contributed by atoms with Gasteiger partial charge in [0.25, 0.3) is 5.91 Å². The molecule has 1 fully saturated rings. The molecule has 5 heteroatoms. The SMILES string of the molecule is C#CC1(NC(=O)c2cnn3c2NC(c2ccccc2)CC3(C)C)CCCCC1. The predicted octanol–water partition coefficient (Wildman–Crippen LogP) is 4.24.